The highest BCUT2D eigenvalue weighted by molar-refractivity contribution is 7.27. The Kier molecular flexibility index (Phi) is 5.04. The third kappa shape index (κ3) is 3.88. The van der Waals surface area contributed by atoms with Crippen molar-refractivity contribution in [2.24, 2.45) is 0 Å². The van der Waals surface area contributed by atoms with Crippen molar-refractivity contribution in [3.63, 3.8) is 0 Å². The predicted octanol–water partition coefficient (Wildman–Crippen LogP) is 4.58. The van der Waals surface area contributed by atoms with Crippen LogP contribution in [-0.4, -0.2) is 19.0 Å². The van der Waals surface area contributed by atoms with Gasteiger partial charge in [-0.3, -0.25) is 0 Å². The normalized spacial score (nSPS) is 13.9. The molecular weight excluding hydrogens is 273 g/mol. The third-order valence-corrected chi connectivity index (χ3v) is 5.25. The van der Waals surface area contributed by atoms with Crippen molar-refractivity contribution in [2.75, 3.05) is 14.1 Å². The van der Waals surface area contributed by atoms with Crippen LogP contribution in [0.25, 0.3) is 0 Å². The lowest BCUT2D eigenvalue weighted by Crippen LogP contribution is -2.40. The lowest BCUT2D eigenvalue weighted by Gasteiger charge is -2.38. The Hall–Kier alpha value is -0.390. The van der Waals surface area contributed by atoms with Crippen molar-refractivity contribution >= 4 is 14.5 Å². The number of hydrogen-bond donors (Lipinski definition) is 0. The van der Waals surface area contributed by atoms with E-state index >= 15 is 0 Å². The molecule has 1 atom stereocenters. The van der Waals surface area contributed by atoms with Crippen LogP contribution in [0.4, 0.5) is 0 Å². The van der Waals surface area contributed by atoms with Crippen molar-refractivity contribution in [3.8, 4) is 0 Å². The van der Waals surface area contributed by atoms with Crippen molar-refractivity contribution in [2.45, 2.75) is 71.8 Å². The first-order valence-corrected chi connectivity index (χ1v) is 8.39. The van der Waals surface area contributed by atoms with E-state index in [0.29, 0.717) is 0 Å². The molecule has 120 valence electrons. The molecule has 0 saturated carbocycles. The van der Waals surface area contributed by atoms with Gasteiger partial charge in [0, 0.05) is 5.54 Å². The van der Waals surface area contributed by atoms with E-state index in [1.165, 1.54) is 22.0 Å². The van der Waals surface area contributed by atoms with E-state index in [9.17, 15) is 0 Å². The number of hydrogen-bond acceptors (Lipinski definition) is 1. The first kappa shape index (κ1) is 18.7. The molecule has 0 spiro atoms. The van der Waals surface area contributed by atoms with Gasteiger partial charge in [-0.1, -0.05) is 53.7 Å². The summed E-state index contributed by atoms with van der Waals surface area (Å²) in [6.07, 6.45) is 0. The molecular formula is C19H34NP. The first-order chi connectivity index (χ1) is 9.19. The van der Waals surface area contributed by atoms with Crippen molar-refractivity contribution in [3.05, 3.63) is 28.8 Å². The molecule has 1 aromatic rings. The topological polar surface area (TPSA) is 3.24 Å². The van der Waals surface area contributed by atoms with E-state index in [1.807, 2.05) is 0 Å². The molecule has 0 aromatic heterocycles. The Morgan fingerprint density at radius 2 is 1.19 bits per heavy atom. The molecule has 0 aliphatic rings. The second-order valence-corrected chi connectivity index (χ2v) is 9.52. The minimum Gasteiger partial charge on any atom is -0.300 e. The molecule has 0 amide bonds. The van der Waals surface area contributed by atoms with Gasteiger partial charge in [0.15, 0.2) is 0 Å². The van der Waals surface area contributed by atoms with Gasteiger partial charge in [0.25, 0.3) is 0 Å². The summed E-state index contributed by atoms with van der Waals surface area (Å²) in [7, 11) is 7.32. The minimum absolute atomic E-state index is 0.0122. The standard InChI is InChI=1S/C19H34NP/c1-17(2,3)13-11-14(18(4,5)6)16(21)15(12-13)19(7,8)20(9)10/h11-12H,21H2,1-10H3. The molecule has 0 saturated heterocycles. The molecule has 1 aromatic carbocycles. The van der Waals surface area contributed by atoms with Gasteiger partial charge in [-0.25, -0.2) is 0 Å². The number of rotatable bonds is 2. The SMILES string of the molecule is CN(C)C(C)(C)c1cc(C(C)(C)C)cc(C(C)(C)C)c1P. The predicted molar refractivity (Wildman–Crippen MR) is 99.9 cm³/mol. The second kappa shape index (κ2) is 5.67. The average Bonchev–Trinajstić information content (AvgIpc) is 2.25. The van der Waals surface area contributed by atoms with E-state index in [2.05, 4.69) is 95.8 Å². The maximum absolute atomic E-state index is 3.00. The smallest absolute Gasteiger partial charge is 0.0404 e. The van der Waals surface area contributed by atoms with Crippen LogP contribution in [0.15, 0.2) is 12.1 Å². The Morgan fingerprint density at radius 1 is 0.762 bits per heavy atom. The summed E-state index contributed by atoms with van der Waals surface area (Å²) < 4.78 is 0. The Labute approximate surface area is 134 Å². The zero-order valence-electron chi connectivity index (χ0n) is 15.7. The van der Waals surface area contributed by atoms with E-state index < -0.39 is 0 Å². The van der Waals surface area contributed by atoms with Gasteiger partial charge < -0.3 is 4.90 Å². The highest BCUT2D eigenvalue weighted by atomic mass is 31.0. The summed E-state index contributed by atoms with van der Waals surface area (Å²) >= 11 is 0. The fraction of sp³-hybridized carbons (Fsp3) is 0.684. The molecule has 0 heterocycles. The van der Waals surface area contributed by atoms with Gasteiger partial charge >= 0.3 is 0 Å². The van der Waals surface area contributed by atoms with Gasteiger partial charge in [-0.05, 0) is 60.8 Å². The lowest BCUT2D eigenvalue weighted by atomic mass is 9.77. The van der Waals surface area contributed by atoms with Gasteiger partial charge in [0.2, 0.25) is 0 Å². The Morgan fingerprint density at radius 3 is 1.52 bits per heavy atom. The van der Waals surface area contributed by atoms with Crippen LogP contribution >= 0.6 is 9.24 Å². The van der Waals surface area contributed by atoms with Crippen LogP contribution in [0.1, 0.15) is 72.1 Å². The van der Waals surface area contributed by atoms with Crippen LogP contribution in [0.5, 0.6) is 0 Å². The molecule has 0 aliphatic carbocycles. The highest BCUT2D eigenvalue weighted by Gasteiger charge is 2.30. The Balaban J connectivity index is 3.73. The first-order valence-electron chi connectivity index (χ1n) is 7.81. The molecule has 1 unspecified atom stereocenters. The van der Waals surface area contributed by atoms with Crippen LogP contribution in [0.3, 0.4) is 0 Å². The molecule has 0 aliphatic heterocycles. The molecule has 21 heavy (non-hydrogen) atoms. The van der Waals surface area contributed by atoms with Gasteiger partial charge in [0.05, 0.1) is 0 Å². The Bertz CT molecular complexity index is 514. The maximum atomic E-state index is 3.00. The molecule has 0 fully saturated rings. The second-order valence-electron chi connectivity index (χ2n) is 8.94. The lowest BCUT2D eigenvalue weighted by molar-refractivity contribution is 0.198. The average molecular weight is 307 g/mol. The van der Waals surface area contributed by atoms with Gasteiger partial charge in [-0.2, -0.15) is 0 Å². The van der Waals surface area contributed by atoms with Crippen molar-refractivity contribution in [1.29, 1.82) is 0 Å². The summed E-state index contributed by atoms with van der Waals surface area (Å²) in [5.74, 6) is 0. The molecule has 0 bridgehead atoms. The van der Waals surface area contributed by atoms with Gasteiger partial charge in [0.1, 0.15) is 0 Å². The molecule has 0 radical (unpaired) electrons. The third-order valence-electron chi connectivity index (χ3n) is 4.63. The van der Waals surface area contributed by atoms with Crippen LogP contribution in [0.2, 0.25) is 0 Å². The summed E-state index contributed by atoms with van der Waals surface area (Å²) in [6.45, 7) is 18.4. The summed E-state index contributed by atoms with van der Waals surface area (Å²) in [5, 5.41) is 1.36. The van der Waals surface area contributed by atoms with E-state index in [4.69, 9.17) is 0 Å². The molecule has 0 N–H and O–H groups in total. The maximum Gasteiger partial charge on any atom is 0.0404 e. The monoisotopic (exact) mass is 307 g/mol. The number of nitrogens with zero attached hydrogens (tertiary/aromatic N) is 1. The summed E-state index contributed by atoms with van der Waals surface area (Å²) in [5.41, 5.74) is 4.59. The molecule has 1 nitrogen and oxygen atoms in total. The quantitative estimate of drug-likeness (QED) is 0.723. The molecule has 2 heteroatoms. The van der Waals surface area contributed by atoms with Crippen LogP contribution < -0.4 is 5.30 Å². The summed E-state index contributed by atoms with van der Waals surface area (Å²) in [6, 6.07) is 4.80. The van der Waals surface area contributed by atoms with Gasteiger partial charge in [-0.15, -0.1) is 9.24 Å². The minimum atomic E-state index is 0.0122. The fourth-order valence-corrected chi connectivity index (χ4v) is 3.41. The van der Waals surface area contributed by atoms with Crippen LogP contribution in [-0.2, 0) is 16.4 Å². The molecule has 1 rings (SSSR count). The summed E-state index contributed by atoms with van der Waals surface area (Å²) in [4.78, 5) is 2.30. The van der Waals surface area contributed by atoms with Crippen molar-refractivity contribution in [1.82, 2.24) is 4.90 Å². The fourth-order valence-electron chi connectivity index (χ4n) is 2.45. The van der Waals surface area contributed by atoms with Crippen LogP contribution in [0, 0.1) is 0 Å². The number of benzene rings is 1. The highest BCUT2D eigenvalue weighted by Crippen LogP contribution is 2.35. The van der Waals surface area contributed by atoms with E-state index in [0.717, 1.165) is 0 Å². The van der Waals surface area contributed by atoms with Crippen molar-refractivity contribution < 1.29 is 0 Å². The van der Waals surface area contributed by atoms with E-state index in [1.54, 1.807) is 0 Å². The van der Waals surface area contributed by atoms with E-state index in [-0.39, 0.29) is 16.4 Å². The zero-order valence-corrected chi connectivity index (χ0v) is 16.8. The zero-order chi connectivity index (χ0) is 16.8. The largest absolute Gasteiger partial charge is 0.300 e.